The van der Waals surface area contributed by atoms with Crippen molar-refractivity contribution < 1.29 is 13.2 Å². The highest BCUT2D eigenvalue weighted by Gasteiger charge is 2.15. The van der Waals surface area contributed by atoms with E-state index in [1.807, 2.05) is 30.3 Å². The van der Waals surface area contributed by atoms with Crippen LogP contribution in [-0.2, 0) is 10.0 Å². The number of para-hydroxylation sites is 1. The quantitative estimate of drug-likeness (QED) is 0.643. The van der Waals surface area contributed by atoms with Crippen LogP contribution in [0, 0.1) is 0 Å². The van der Waals surface area contributed by atoms with Crippen molar-refractivity contribution in [2.75, 3.05) is 16.8 Å². The molecule has 3 rings (SSSR count). The summed E-state index contributed by atoms with van der Waals surface area (Å²) in [6.07, 6.45) is 0. The number of hydrogen-bond donors (Lipinski definition) is 2. The summed E-state index contributed by atoms with van der Waals surface area (Å²) in [6.45, 7) is 0. The molecule has 0 fully saturated rings. The second-order valence-electron chi connectivity index (χ2n) is 5.83. The molecular formula is C20H19N3O3S. The van der Waals surface area contributed by atoms with Crippen LogP contribution in [0.3, 0.4) is 0 Å². The number of sulfonamides is 1. The summed E-state index contributed by atoms with van der Waals surface area (Å²) in [4.78, 5) is 12.6. The molecule has 3 aromatic carbocycles. The number of benzene rings is 3. The van der Waals surface area contributed by atoms with Crippen molar-refractivity contribution in [2.45, 2.75) is 4.90 Å². The Kier molecular flexibility index (Phi) is 5.42. The second kappa shape index (κ2) is 7.92. The first-order chi connectivity index (χ1) is 13.0. The van der Waals surface area contributed by atoms with Gasteiger partial charge in [-0.25, -0.2) is 8.42 Å². The van der Waals surface area contributed by atoms with E-state index in [0.29, 0.717) is 11.3 Å². The zero-order chi connectivity index (χ0) is 19.3. The lowest BCUT2D eigenvalue weighted by Gasteiger charge is -2.20. The van der Waals surface area contributed by atoms with Crippen molar-refractivity contribution in [2.24, 2.45) is 0 Å². The molecule has 3 aromatic rings. The van der Waals surface area contributed by atoms with Crippen LogP contribution in [0.25, 0.3) is 0 Å². The molecule has 0 saturated heterocycles. The average molecular weight is 381 g/mol. The lowest BCUT2D eigenvalue weighted by molar-refractivity contribution is 0.0951. The van der Waals surface area contributed by atoms with Gasteiger partial charge in [0.05, 0.1) is 10.6 Å². The standard InChI is InChI=1S/C20H19N3O3S/c1-23(18-11-4-2-5-12-18)21-20(24)16-9-8-10-17(15-16)22-27(25,26)19-13-6-3-7-14-19/h2-15,22H,1H3,(H,21,24). The Labute approximate surface area is 158 Å². The molecule has 27 heavy (non-hydrogen) atoms. The normalized spacial score (nSPS) is 10.9. The number of carbonyl (C=O) groups excluding carboxylic acids is 1. The van der Waals surface area contributed by atoms with E-state index in [2.05, 4.69) is 10.1 Å². The van der Waals surface area contributed by atoms with Gasteiger partial charge in [-0.05, 0) is 42.5 Å². The van der Waals surface area contributed by atoms with Crippen molar-refractivity contribution in [3.8, 4) is 0 Å². The highest BCUT2D eigenvalue weighted by atomic mass is 32.2. The SMILES string of the molecule is CN(NC(=O)c1cccc(NS(=O)(=O)c2ccccc2)c1)c1ccccc1. The predicted molar refractivity (Wildman–Crippen MR) is 106 cm³/mol. The van der Waals surface area contributed by atoms with Gasteiger partial charge >= 0.3 is 0 Å². The third-order valence-electron chi connectivity index (χ3n) is 3.84. The van der Waals surface area contributed by atoms with E-state index in [4.69, 9.17) is 0 Å². The number of nitrogens with one attached hydrogen (secondary N) is 2. The maximum atomic E-state index is 12.5. The van der Waals surface area contributed by atoms with Gasteiger partial charge in [0.25, 0.3) is 15.9 Å². The van der Waals surface area contributed by atoms with E-state index in [1.54, 1.807) is 48.5 Å². The van der Waals surface area contributed by atoms with Crippen LogP contribution in [0.15, 0.2) is 89.8 Å². The summed E-state index contributed by atoms with van der Waals surface area (Å²) in [5.41, 5.74) is 4.23. The number of anilines is 2. The maximum absolute atomic E-state index is 12.5. The fourth-order valence-corrected chi connectivity index (χ4v) is 3.54. The molecule has 2 N–H and O–H groups in total. The first-order valence-electron chi connectivity index (χ1n) is 8.23. The first kappa shape index (κ1) is 18.5. The fraction of sp³-hybridized carbons (Fsp3) is 0.0500. The van der Waals surface area contributed by atoms with Gasteiger partial charge in [-0.3, -0.25) is 20.0 Å². The van der Waals surface area contributed by atoms with E-state index in [9.17, 15) is 13.2 Å². The molecule has 0 heterocycles. The average Bonchev–Trinajstić information content (AvgIpc) is 2.69. The van der Waals surface area contributed by atoms with Gasteiger partial charge in [0.15, 0.2) is 0 Å². The number of amides is 1. The second-order valence-corrected chi connectivity index (χ2v) is 7.52. The van der Waals surface area contributed by atoms with Crippen LogP contribution in [0.2, 0.25) is 0 Å². The van der Waals surface area contributed by atoms with E-state index >= 15 is 0 Å². The summed E-state index contributed by atoms with van der Waals surface area (Å²) >= 11 is 0. The Hall–Kier alpha value is -3.32. The minimum absolute atomic E-state index is 0.156. The van der Waals surface area contributed by atoms with Crippen molar-refractivity contribution in [1.29, 1.82) is 0 Å². The van der Waals surface area contributed by atoms with Crippen molar-refractivity contribution in [3.05, 3.63) is 90.5 Å². The molecule has 1 amide bonds. The van der Waals surface area contributed by atoms with Gasteiger partial charge < -0.3 is 0 Å². The summed E-state index contributed by atoms with van der Waals surface area (Å²) in [5.74, 6) is -0.345. The van der Waals surface area contributed by atoms with Crippen LogP contribution in [0.5, 0.6) is 0 Å². The van der Waals surface area contributed by atoms with Gasteiger partial charge in [0.1, 0.15) is 0 Å². The Morgan fingerprint density at radius 2 is 1.48 bits per heavy atom. The highest BCUT2D eigenvalue weighted by Crippen LogP contribution is 2.17. The molecular weight excluding hydrogens is 362 g/mol. The molecule has 0 aliphatic carbocycles. The molecule has 6 nitrogen and oxygen atoms in total. The predicted octanol–water partition coefficient (Wildman–Crippen LogP) is 3.27. The number of rotatable bonds is 6. The highest BCUT2D eigenvalue weighted by molar-refractivity contribution is 7.92. The van der Waals surface area contributed by atoms with Crippen LogP contribution in [0.4, 0.5) is 11.4 Å². The Morgan fingerprint density at radius 3 is 2.15 bits per heavy atom. The Bertz CT molecular complexity index is 1020. The summed E-state index contributed by atoms with van der Waals surface area (Å²) in [6, 6.07) is 23.8. The molecule has 0 aliphatic rings. The summed E-state index contributed by atoms with van der Waals surface area (Å²) in [5, 5.41) is 1.60. The molecule has 138 valence electrons. The summed E-state index contributed by atoms with van der Waals surface area (Å²) in [7, 11) is -1.98. The van der Waals surface area contributed by atoms with E-state index in [1.165, 1.54) is 18.2 Å². The van der Waals surface area contributed by atoms with Gasteiger partial charge in [-0.15, -0.1) is 0 Å². The smallest absolute Gasteiger partial charge is 0.269 e. The minimum Gasteiger partial charge on any atom is -0.288 e. The number of hydrazine groups is 1. The van der Waals surface area contributed by atoms with E-state index in [-0.39, 0.29) is 10.8 Å². The van der Waals surface area contributed by atoms with Crippen molar-refractivity contribution in [1.82, 2.24) is 5.43 Å². The van der Waals surface area contributed by atoms with Gasteiger partial charge in [-0.2, -0.15) is 0 Å². The minimum atomic E-state index is -3.71. The molecule has 0 atom stereocenters. The Morgan fingerprint density at radius 1 is 0.852 bits per heavy atom. The third kappa shape index (κ3) is 4.65. The zero-order valence-electron chi connectivity index (χ0n) is 14.7. The maximum Gasteiger partial charge on any atom is 0.269 e. The molecule has 0 radical (unpaired) electrons. The molecule has 7 heteroatoms. The first-order valence-corrected chi connectivity index (χ1v) is 9.72. The van der Waals surface area contributed by atoms with Crippen LogP contribution in [-0.4, -0.2) is 21.4 Å². The number of hydrogen-bond acceptors (Lipinski definition) is 4. The molecule has 0 bridgehead atoms. The fourth-order valence-electron chi connectivity index (χ4n) is 2.47. The largest absolute Gasteiger partial charge is 0.288 e. The molecule has 0 aliphatic heterocycles. The summed E-state index contributed by atoms with van der Waals surface area (Å²) < 4.78 is 27.3. The van der Waals surface area contributed by atoms with E-state index in [0.717, 1.165) is 5.69 Å². The zero-order valence-corrected chi connectivity index (χ0v) is 15.5. The lowest BCUT2D eigenvalue weighted by Crippen LogP contribution is -2.39. The topological polar surface area (TPSA) is 78.5 Å². The van der Waals surface area contributed by atoms with Gasteiger partial charge in [0.2, 0.25) is 0 Å². The monoisotopic (exact) mass is 381 g/mol. The van der Waals surface area contributed by atoms with Gasteiger partial charge in [0, 0.05) is 18.3 Å². The van der Waals surface area contributed by atoms with Crippen LogP contribution >= 0.6 is 0 Å². The lowest BCUT2D eigenvalue weighted by atomic mass is 10.2. The van der Waals surface area contributed by atoms with Crippen LogP contribution < -0.4 is 15.2 Å². The molecule has 0 unspecified atom stereocenters. The molecule has 0 spiro atoms. The molecule has 0 saturated carbocycles. The number of nitrogens with zero attached hydrogens (tertiary/aromatic N) is 1. The van der Waals surface area contributed by atoms with Crippen LogP contribution in [0.1, 0.15) is 10.4 Å². The Balaban J connectivity index is 1.74. The van der Waals surface area contributed by atoms with Crippen molar-refractivity contribution >= 4 is 27.3 Å². The molecule has 0 aromatic heterocycles. The number of carbonyl (C=O) groups is 1. The van der Waals surface area contributed by atoms with E-state index < -0.39 is 10.0 Å². The van der Waals surface area contributed by atoms with Crippen molar-refractivity contribution in [3.63, 3.8) is 0 Å². The van der Waals surface area contributed by atoms with Gasteiger partial charge in [-0.1, -0.05) is 42.5 Å². The third-order valence-corrected chi connectivity index (χ3v) is 5.24.